The fourth-order valence-corrected chi connectivity index (χ4v) is 2.88. The lowest BCUT2D eigenvalue weighted by molar-refractivity contribution is -0.0109. The van der Waals surface area contributed by atoms with Crippen molar-refractivity contribution in [1.82, 2.24) is 10.3 Å². The predicted octanol–water partition coefficient (Wildman–Crippen LogP) is 1.35. The van der Waals surface area contributed by atoms with Gasteiger partial charge >= 0.3 is 0 Å². The summed E-state index contributed by atoms with van der Waals surface area (Å²) in [6.07, 6.45) is 3.48. The Hall–Kier alpha value is -1.62. The molecule has 0 aliphatic heterocycles. The second-order valence-electron chi connectivity index (χ2n) is 5.99. The summed E-state index contributed by atoms with van der Waals surface area (Å²) in [7, 11) is 0. The van der Waals surface area contributed by atoms with Crippen LogP contribution < -0.4 is 10.9 Å². The van der Waals surface area contributed by atoms with Gasteiger partial charge in [-0.15, -0.1) is 0 Å². The van der Waals surface area contributed by atoms with Crippen LogP contribution in [-0.2, 0) is 0 Å². The average molecular weight is 278 g/mol. The molecule has 1 saturated carbocycles. The van der Waals surface area contributed by atoms with E-state index in [0.29, 0.717) is 24.5 Å². The van der Waals surface area contributed by atoms with Crippen LogP contribution in [0.15, 0.2) is 16.9 Å². The first-order valence-electron chi connectivity index (χ1n) is 7.10. The summed E-state index contributed by atoms with van der Waals surface area (Å²) >= 11 is 0. The van der Waals surface area contributed by atoms with E-state index in [0.717, 1.165) is 12.8 Å². The molecular weight excluding hydrogens is 256 g/mol. The third-order valence-electron chi connectivity index (χ3n) is 3.95. The molecule has 0 spiro atoms. The normalized spacial score (nSPS) is 26.2. The van der Waals surface area contributed by atoms with Gasteiger partial charge in [-0.05, 0) is 37.8 Å². The number of amides is 1. The topological polar surface area (TPSA) is 82.2 Å². The fourth-order valence-electron chi connectivity index (χ4n) is 2.88. The van der Waals surface area contributed by atoms with Crippen molar-refractivity contribution in [3.05, 3.63) is 33.7 Å². The molecule has 0 aromatic carbocycles. The molecule has 5 heteroatoms. The lowest BCUT2D eigenvalue weighted by Gasteiger charge is -2.35. The van der Waals surface area contributed by atoms with E-state index < -0.39 is 17.1 Å². The Kier molecular flexibility index (Phi) is 4.28. The lowest BCUT2D eigenvalue weighted by atomic mass is 9.79. The zero-order valence-corrected chi connectivity index (χ0v) is 12.0. The highest BCUT2D eigenvalue weighted by atomic mass is 16.3. The molecule has 2 rings (SSSR count). The fraction of sp³-hybridized carbons (Fsp3) is 0.600. The molecule has 1 aromatic heterocycles. The van der Waals surface area contributed by atoms with E-state index in [4.69, 9.17) is 0 Å². The smallest absolute Gasteiger partial charge is 0.260 e. The minimum absolute atomic E-state index is 0.0862. The van der Waals surface area contributed by atoms with Crippen molar-refractivity contribution in [2.24, 2.45) is 5.92 Å². The molecule has 20 heavy (non-hydrogen) atoms. The maximum Gasteiger partial charge on any atom is 0.260 e. The number of rotatable bonds is 3. The van der Waals surface area contributed by atoms with Gasteiger partial charge in [0.15, 0.2) is 0 Å². The molecule has 1 fully saturated rings. The van der Waals surface area contributed by atoms with Crippen molar-refractivity contribution >= 4 is 5.91 Å². The second kappa shape index (κ2) is 5.79. The molecular formula is C15H22N2O3. The number of aryl methyl sites for hydroxylation is 1. The molecule has 2 unspecified atom stereocenters. The average Bonchev–Trinajstić information content (AvgIpc) is 2.36. The van der Waals surface area contributed by atoms with Crippen LogP contribution in [0.3, 0.4) is 0 Å². The van der Waals surface area contributed by atoms with Crippen molar-refractivity contribution in [3.63, 3.8) is 0 Å². The van der Waals surface area contributed by atoms with Crippen LogP contribution >= 0.6 is 0 Å². The molecule has 1 aliphatic rings. The Morgan fingerprint density at radius 1 is 1.55 bits per heavy atom. The Bertz CT molecular complexity index is 552. The third-order valence-corrected chi connectivity index (χ3v) is 3.95. The third kappa shape index (κ3) is 3.48. The number of nitrogens with one attached hydrogen (secondary N) is 2. The summed E-state index contributed by atoms with van der Waals surface area (Å²) in [5.74, 6) is 0.0336. The highest BCUT2D eigenvalue weighted by Crippen LogP contribution is 2.31. The maximum atomic E-state index is 12.0. The zero-order valence-electron chi connectivity index (χ0n) is 12.0. The number of hydrogen-bond donors (Lipinski definition) is 3. The van der Waals surface area contributed by atoms with Crippen LogP contribution in [0.5, 0.6) is 0 Å². The standard InChI is InChI=1S/C15H22N2O3/c1-10-4-3-7-15(20,8-10)9-16-13(18)12-6-5-11(2)17-14(12)19/h5-6,10,20H,3-4,7-9H2,1-2H3,(H,16,18)(H,17,19). The first-order valence-corrected chi connectivity index (χ1v) is 7.10. The molecule has 0 saturated heterocycles. The Morgan fingerprint density at radius 2 is 2.30 bits per heavy atom. The van der Waals surface area contributed by atoms with Gasteiger partial charge < -0.3 is 15.4 Å². The van der Waals surface area contributed by atoms with Crippen molar-refractivity contribution in [1.29, 1.82) is 0 Å². The Balaban J connectivity index is 2.00. The van der Waals surface area contributed by atoms with Gasteiger partial charge in [-0.3, -0.25) is 9.59 Å². The molecule has 5 nitrogen and oxygen atoms in total. The lowest BCUT2D eigenvalue weighted by Crippen LogP contribution is -2.46. The minimum Gasteiger partial charge on any atom is -0.388 e. The van der Waals surface area contributed by atoms with Crippen LogP contribution in [-0.4, -0.2) is 28.1 Å². The molecule has 0 bridgehead atoms. The van der Waals surface area contributed by atoms with E-state index in [1.807, 2.05) is 0 Å². The van der Waals surface area contributed by atoms with E-state index in [9.17, 15) is 14.7 Å². The molecule has 1 amide bonds. The van der Waals surface area contributed by atoms with E-state index >= 15 is 0 Å². The van der Waals surface area contributed by atoms with Crippen LogP contribution in [0.4, 0.5) is 0 Å². The van der Waals surface area contributed by atoms with Gasteiger partial charge in [0, 0.05) is 12.2 Å². The van der Waals surface area contributed by atoms with Gasteiger partial charge in [-0.2, -0.15) is 0 Å². The second-order valence-corrected chi connectivity index (χ2v) is 5.99. The number of aromatic nitrogens is 1. The summed E-state index contributed by atoms with van der Waals surface area (Å²) in [6.45, 7) is 4.06. The maximum absolute atomic E-state index is 12.0. The summed E-state index contributed by atoms with van der Waals surface area (Å²) in [6, 6.07) is 3.20. The van der Waals surface area contributed by atoms with E-state index in [1.165, 1.54) is 6.07 Å². The van der Waals surface area contributed by atoms with Crippen LogP contribution in [0, 0.1) is 12.8 Å². The summed E-state index contributed by atoms with van der Waals surface area (Å²) in [5, 5.41) is 13.1. The number of aliphatic hydroxyl groups is 1. The number of carbonyl (C=O) groups is 1. The van der Waals surface area contributed by atoms with E-state index in [-0.39, 0.29) is 12.1 Å². The molecule has 0 radical (unpaired) electrons. The molecule has 1 heterocycles. The Labute approximate surface area is 118 Å². The van der Waals surface area contributed by atoms with Gasteiger partial charge in [-0.25, -0.2) is 0 Å². The minimum atomic E-state index is -0.842. The number of carbonyl (C=O) groups excluding carboxylic acids is 1. The first kappa shape index (κ1) is 14.8. The van der Waals surface area contributed by atoms with Crippen molar-refractivity contribution in [2.75, 3.05) is 6.54 Å². The zero-order chi connectivity index (χ0) is 14.8. The highest BCUT2D eigenvalue weighted by Gasteiger charge is 2.33. The molecule has 2 atom stereocenters. The molecule has 3 N–H and O–H groups in total. The summed E-state index contributed by atoms with van der Waals surface area (Å²) in [4.78, 5) is 26.3. The van der Waals surface area contributed by atoms with Gasteiger partial charge in [0.25, 0.3) is 11.5 Å². The molecule has 1 aliphatic carbocycles. The monoisotopic (exact) mass is 278 g/mol. The number of hydrogen-bond acceptors (Lipinski definition) is 3. The van der Waals surface area contributed by atoms with E-state index in [1.54, 1.807) is 13.0 Å². The van der Waals surface area contributed by atoms with Crippen molar-refractivity contribution in [3.8, 4) is 0 Å². The van der Waals surface area contributed by atoms with Gasteiger partial charge in [0.2, 0.25) is 0 Å². The largest absolute Gasteiger partial charge is 0.388 e. The van der Waals surface area contributed by atoms with Crippen LogP contribution in [0.2, 0.25) is 0 Å². The molecule has 1 aromatic rings. The summed E-state index contributed by atoms with van der Waals surface area (Å²) in [5.41, 5.74) is -0.439. The molecule has 110 valence electrons. The van der Waals surface area contributed by atoms with Crippen LogP contribution in [0.1, 0.15) is 48.7 Å². The number of H-pyrrole nitrogens is 1. The predicted molar refractivity (Wildman–Crippen MR) is 76.7 cm³/mol. The van der Waals surface area contributed by atoms with Crippen LogP contribution in [0.25, 0.3) is 0 Å². The highest BCUT2D eigenvalue weighted by molar-refractivity contribution is 5.93. The first-order chi connectivity index (χ1) is 9.39. The quantitative estimate of drug-likeness (QED) is 0.780. The van der Waals surface area contributed by atoms with Crippen molar-refractivity contribution < 1.29 is 9.90 Å². The summed E-state index contributed by atoms with van der Waals surface area (Å²) < 4.78 is 0. The SMILES string of the molecule is Cc1ccc(C(=O)NCC2(O)CCCC(C)C2)c(=O)[nH]1. The number of aromatic amines is 1. The van der Waals surface area contributed by atoms with Crippen molar-refractivity contribution in [2.45, 2.75) is 45.1 Å². The van der Waals surface area contributed by atoms with Gasteiger partial charge in [0.1, 0.15) is 5.56 Å². The number of pyridine rings is 1. The van der Waals surface area contributed by atoms with E-state index in [2.05, 4.69) is 17.2 Å². The van der Waals surface area contributed by atoms with Gasteiger partial charge in [-0.1, -0.05) is 19.8 Å². The Morgan fingerprint density at radius 3 is 2.95 bits per heavy atom. The van der Waals surface area contributed by atoms with Gasteiger partial charge in [0.05, 0.1) is 5.60 Å².